The van der Waals surface area contributed by atoms with Crippen LogP contribution in [0.5, 0.6) is 5.75 Å². The van der Waals surface area contributed by atoms with Gasteiger partial charge in [0, 0.05) is 22.6 Å². The Labute approximate surface area is 159 Å². The van der Waals surface area contributed by atoms with Crippen LogP contribution in [0.15, 0.2) is 78.9 Å². The maximum Gasteiger partial charge on any atom is 0.522 e. The molecule has 132 valence electrons. The molecule has 0 spiro atoms. The first kappa shape index (κ1) is 17.1. The Balaban J connectivity index is 1.96. The summed E-state index contributed by atoms with van der Waals surface area (Å²) in [4.78, 5) is 22.8. The van der Waals surface area contributed by atoms with E-state index in [-0.39, 0.29) is 0 Å². The van der Waals surface area contributed by atoms with Crippen LogP contribution in [0.25, 0.3) is 32.7 Å². The molecule has 4 aromatic rings. The minimum Gasteiger partial charge on any atom is -0.393 e. The van der Waals surface area contributed by atoms with Crippen molar-refractivity contribution in [3.63, 3.8) is 0 Å². The van der Waals surface area contributed by atoms with Crippen LogP contribution in [0.2, 0.25) is 0 Å². The molecule has 5 heteroatoms. The summed E-state index contributed by atoms with van der Waals surface area (Å²) in [5.74, 6) is 0.312. The quantitative estimate of drug-likeness (QED) is 0.172. The van der Waals surface area contributed by atoms with Crippen molar-refractivity contribution in [1.29, 1.82) is 0 Å². The minimum absolute atomic E-state index is 0.312. The van der Waals surface area contributed by atoms with Gasteiger partial charge in [-0.15, -0.1) is 0 Å². The molecule has 0 aromatic heterocycles. The zero-order valence-electron chi connectivity index (χ0n) is 14.0. The lowest BCUT2D eigenvalue weighted by atomic mass is 9.95. The summed E-state index contributed by atoms with van der Waals surface area (Å²) in [6, 6.07) is 25.2. The van der Waals surface area contributed by atoms with Crippen molar-refractivity contribution in [3.05, 3.63) is 78.9 Å². The van der Waals surface area contributed by atoms with Gasteiger partial charge in [-0.25, -0.2) is 9.59 Å². The normalized spacial score (nSPS) is 10.7. The Kier molecular flexibility index (Phi) is 4.48. The van der Waals surface area contributed by atoms with Crippen LogP contribution < -0.4 is 4.74 Å². The molecule has 27 heavy (non-hydrogen) atoms. The largest absolute Gasteiger partial charge is 0.522 e. The van der Waals surface area contributed by atoms with Gasteiger partial charge >= 0.3 is 11.6 Å². The number of hydrogen-bond donors (Lipinski definition) is 0. The van der Waals surface area contributed by atoms with Crippen molar-refractivity contribution in [2.75, 3.05) is 0 Å². The van der Waals surface area contributed by atoms with Crippen molar-refractivity contribution in [3.8, 4) is 16.9 Å². The third kappa shape index (κ3) is 3.35. The highest BCUT2D eigenvalue weighted by Gasteiger charge is 2.18. The molecular weight excluding hydrogens is 364 g/mol. The molecule has 0 aliphatic heterocycles. The van der Waals surface area contributed by atoms with E-state index >= 15 is 0 Å². The number of benzene rings is 4. The van der Waals surface area contributed by atoms with Crippen molar-refractivity contribution in [2.24, 2.45) is 0 Å². The highest BCUT2D eigenvalue weighted by molar-refractivity contribution is 6.61. The number of ether oxygens (including phenoxy) is 2. The Hall–Kier alpha value is -3.37. The lowest BCUT2D eigenvalue weighted by Crippen LogP contribution is -2.12. The highest BCUT2D eigenvalue weighted by atomic mass is 35.5. The first-order chi connectivity index (χ1) is 13.1. The molecule has 0 aliphatic rings. The minimum atomic E-state index is -1.24. The smallest absolute Gasteiger partial charge is 0.393 e. The lowest BCUT2D eigenvalue weighted by Gasteiger charge is -2.14. The number of fused-ring (bicyclic) bond motifs is 2. The van der Waals surface area contributed by atoms with Crippen molar-refractivity contribution in [2.45, 2.75) is 0 Å². The first-order valence-electron chi connectivity index (χ1n) is 8.22. The molecule has 0 radical (unpaired) electrons. The molecule has 0 bridgehead atoms. The average Bonchev–Trinajstić information content (AvgIpc) is 2.67. The predicted octanol–water partition coefficient (Wildman–Crippen LogP) is 6.53. The van der Waals surface area contributed by atoms with Gasteiger partial charge in [0.25, 0.3) is 0 Å². The van der Waals surface area contributed by atoms with Gasteiger partial charge in [-0.05, 0) is 27.8 Å². The maximum absolute atomic E-state index is 12.0. The second-order valence-corrected chi connectivity index (χ2v) is 6.19. The van der Waals surface area contributed by atoms with E-state index < -0.39 is 11.6 Å². The third-order valence-corrected chi connectivity index (χ3v) is 4.39. The van der Waals surface area contributed by atoms with E-state index in [1.165, 1.54) is 0 Å². The summed E-state index contributed by atoms with van der Waals surface area (Å²) < 4.78 is 9.75. The van der Waals surface area contributed by atoms with Crippen LogP contribution in [-0.2, 0) is 4.74 Å². The van der Waals surface area contributed by atoms with E-state index in [1.807, 2.05) is 78.9 Å². The van der Waals surface area contributed by atoms with E-state index in [1.54, 1.807) is 0 Å². The lowest BCUT2D eigenvalue weighted by molar-refractivity contribution is 0.128. The van der Waals surface area contributed by atoms with Crippen LogP contribution in [-0.4, -0.2) is 11.6 Å². The van der Waals surface area contributed by atoms with Gasteiger partial charge in [0.05, 0.1) is 0 Å². The SMILES string of the molecule is O=C(Cl)OC(=O)Oc1c(-c2cccc3ccccc23)ccc2ccccc12. The fourth-order valence-electron chi connectivity index (χ4n) is 3.20. The molecule has 0 aliphatic carbocycles. The first-order valence-corrected chi connectivity index (χ1v) is 8.60. The molecule has 0 heterocycles. The summed E-state index contributed by atoms with van der Waals surface area (Å²) in [6.07, 6.45) is -1.17. The number of rotatable bonds is 2. The summed E-state index contributed by atoms with van der Waals surface area (Å²) in [7, 11) is 0. The second kappa shape index (κ2) is 7.09. The monoisotopic (exact) mass is 376 g/mol. The maximum atomic E-state index is 12.0. The van der Waals surface area contributed by atoms with Gasteiger partial charge in [-0.3, -0.25) is 0 Å². The molecule has 4 aromatic carbocycles. The number of carbonyl (C=O) groups excluding carboxylic acids is 2. The van der Waals surface area contributed by atoms with Crippen LogP contribution in [0.3, 0.4) is 0 Å². The molecule has 0 atom stereocenters. The van der Waals surface area contributed by atoms with Crippen molar-refractivity contribution in [1.82, 2.24) is 0 Å². The third-order valence-electron chi connectivity index (χ3n) is 4.31. The predicted molar refractivity (Wildman–Crippen MR) is 105 cm³/mol. The van der Waals surface area contributed by atoms with Crippen LogP contribution >= 0.6 is 11.6 Å². The molecule has 0 unspecified atom stereocenters. The van der Waals surface area contributed by atoms with Gasteiger partial charge in [-0.1, -0.05) is 72.8 Å². The summed E-state index contributed by atoms with van der Waals surface area (Å²) in [5.41, 5.74) is 0.371. The van der Waals surface area contributed by atoms with Gasteiger partial charge in [-0.2, -0.15) is 0 Å². The van der Waals surface area contributed by atoms with Gasteiger partial charge in [0.1, 0.15) is 5.75 Å². The van der Waals surface area contributed by atoms with E-state index in [2.05, 4.69) is 4.74 Å². The fraction of sp³-hybridized carbons (Fsp3) is 0. The Morgan fingerprint density at radius 2 is 1.30 bits per heavy atom. The molecular formula is C22H13ClO4. The van der Waals surface area contributed by atoms with Gasteiger partial charge in [0.15, 0.2) is 0 Å². The Morgan fingerprint density at radius 3 is 2.04 bits per heavy atom. The summed E-state index contributed by atoms with van der Waals surface area (Å²) >= 11 is 5.13. The van der Waals surface area contributed by atoms with Gasteiger partial charge in [0.2, 0.25) is 0 Å². The Morgan fingerprint density at radius 1 is 0.667 bits per heavy atom. The van der Waals surface area contributed by atoms with E-state index in [4.69, 9.17) is 16.3 Å². The van der Waals surface area contributed by atoms with Crippen molar-refractivity contribution >= 4 is 44.7 Å². The van der Waals surface area contributed by atoms with Crippen LogP contribution in [0.4, 0.5) is 9.59 Å². The zero-order valence-corrected chi connectivity index (χ0v) is 14.8. The summed E-state index contributed by atoms with van der Waals surface area (Å²) in [5, 5.41) is 3.69. The van der Waals surface area contributed by atoms with E-state index in [0.29, 0.717) is 11.3 Å². The molecule has 0 N–H and O–H groups in total. The topological polar surface area (TPSA) is 52.6 Å². The van der Waals surface area contributed by atoms with E-state index in [0.717, 1.165) is 27.1 Å². The van der Waals surface area contributed by atoms with E-state index in [9.17, 15) is 9.59 Å². The van der Waals surface area contributed by atoms with Crippen LogP contribution in [0, 0.1) is 0 Å². The molecule has 0 fully saturated rings. The number of halogens is 1. The highest BCUT2D eigenvalue weighted by Crippen LogP contribution is 2.40. The van der Waals surface area contributed by atoms with Crippen LogP contribution in [0.1, 0.15) is 0 Å². The van der Waals surface area contributed by atoms with Gasteiger partial charge < -0.3 is 9.47 Å². The standard InChI is InChI=1S/C22H13ClO4/c23-21(24)27-22(25)26-20-17-10-4-2-7-15(17)12-13-19(20)18-11-5-8-14-6-1-3-9-16(14)18/h1-13H. The molecule has 0 saturated carbocycles. The second-order valence-electron chi connectivity index (χ2n) is 5.88. The molecule has 4 nitrogen and oxygen atoms in total. The molecule has 0 amide bonds. The zero-order chi connectivity index (χ0) is 18.8. The molecule has 4 rings (SSSR count). The Bertz CT molecular complexity index is 1180. The fourth-order valence-corrected chi connectivity index (χ4v) is 3.26. The number of carbonyl (C=O) groups is 2. The van der Waals surface area contributed by atoms with Crippen molar-refractivity contribution < 1.29 is 19.1 Å². The molecule has 0 saturated heterocycles. The summed E-state index contributed by atoms with van der Waals surface area (Å²) in [6.45, 7) is 0. The average molecular weight is 377 g/mol. The number of hydrogen-bond acceptors (Lipinski definition) is 4.